The van der Waals surface area contributed by atoms with Crippen molar-refractivity contribution in [3.63, 3.8) is 0 Å². The van der Waals surface area contributed by atoms with Gasteiger partial charge in [-0.2, -0.15) is 52.7 Å². The molecule has 0 aliphatic carbocycles. The van der Waals surface area contributed by atoms with E-state index in [0.29, 0.717) is 0 Å². The summed E-state index contributed by atoms with van der Waals surface area (Å²) in [6.45, 7) is -2.09. The fourth-order valence-corrected chi connectivity index (χ4v) is 1.98. The Labute approximate surface area is 258 Å². The van der Waals surface area contributed by atoms with Crippen LogP contribution in [0.4, 0.5) is 61.5 Å². The van der Waals surface area contributed by atoms with Gasteiger partial charge < -0.3 is 25.6 Å². The molecule has 3 N–H and O–H groups in total. The number of carbonyl (C=O) groups excluding carboxylic acids is 3. The first-order valence-electron chi connectivity index (χ1n) is 9.68. The van der Waals surface area contributed by atoms with E-state index in [-0.39, 0.29) is 17.4 Å². The van der Waals surface area contributed by atoms with Crippen molar-refractivity contribution in [2.24, 2.45) is 0 Å². The minimum atomic E-state index is -6.24. The molecule has 1 radical (unpaired) electrons. The Hall–Kier alpha value is -1.17. The van der Waals surface area contributed by atoms with Crippen molar-refractivity contribution in [2.45, 2.75) is 61.7 Å². The molecular weight excluding hydrogens is 793 g/mol. The third-order valence-corrected chi connectivity index (χ3v) is 4.06. The molecule has 27 heteroatoms. The van der Waals surface area contributed by atoms with Crippen molar-refractivity contribution in [1.82, 2.24) is 10.6 Å². The SMILES string of the molecule is O=C(O)CNC(=O)CCC(F)(C(F)(F)F)C(F)(F)F.O=C([O-])CNC(=O)CCC(F)(C(F)(F)F)C(F)(F)F.[Cl][Cr]([Cl])[Cl].[Cr+3]. The van der Waals surface area contributed by atoms with Gasteiger partial charge in [0, 0.05) is 25.7 Å². The van der Waals surface area contributed by atoms with Crippen LogP contribution in [0.15, 0.2) is 0 Å². The molecule has 0 aromatic heterocycles. The Kier molecular flexibility index (Phi) is 22.0. The smallest absolute Gasteiger partial charge is 3.00 e. The number of hydrogen-bond donors (Lipinski definition) is 3. The summed E-state index contributed by atoms with van der Waals surface area (Å²) < 4.78 is 170. The van der Waals surface area contributed by atoms with Crippen molar-refractivity contribution >= 4 is 53.9 Å². The zero-order valence-corrected chi connectivity index (χ0v) is 24.8. The molecule has 0 rings (SSSR count). The van der Waals surface area contributed by atoms with E-state index in [1.807, 2.05) is 0 Å². The van der Waals surface area contributed by atoms with Crippen molar-refractivity contribution in [2.75, 3.05) is 13.1 Å². The first-order chi connectivity index (χ1) is 18.4. The van der Waals surface area contributed by atoms with E-state index in [1.54, 1.807) is 0 Å². The molecule has 0 aliphatic rings. The average molecular weight is 808 g/mol. The molecule has 8 nitrogen and oxygen atoms in total. The standard InChI is InChI=1S/2C8H8F7NO3.3ClH.2Cr/c2*9-6(7(10,11)12,8(13,14)15)2-1-4(17)16-3-5(18)19;;;;;/h2*1-3H2,(H,16,17)(H,18,19);3*1H;;/q;;;;;2*+3/p-4. The van der Waals surface area contributed by atoms with Gasteiger partial charge >= 0.3 is 89.6 Å². The maximum atomic E-state index is 13.0. The molecule has 0 aromatic carbocycles. The molecule has 0 saturated heterocycles. The Bertz CT molecular complexity index is 806. The number of halogens is 17. The second-order valence-corrected chi connectivity index (χ2v) is 13.4. The van der Waals surface area contributed by atoms with E-state index in [4.69, 9.17) is 35.3 Å². The fraction of sp³-hybridized carbons (Fsp3) is 0.750. The van der Waals surface area contributed by atoms with Crippen LogP contribution < -0.4 is 15.7 Å². The van der Waals surface area contributed by atoms with Crippen molar-refractivity contribution in [1.29, 1.82) is 0 Å². The third-order valence-electron chi connectivity index (χ3n) is 4.06. The second-order valence-electron chi connectivity index (χ2n) is 7.09. The zero-order valence-electron chi connectivity index (χ0n) is 20.0. The van der Waals surface area contributed by atoms with Gasteiger partial charge in [-0.25, -0.2) is 8.78 Å². The zero-order chi connectivity index (χ0) is 34.5. The van der Waals surface area contributed by atoms with Crippen LogP contribution in [0.2, 0.25) is 0 Å². The number of amides is 2. The number of aliphatic carboxylic acids is 2. The topological polar surface area (TPSA) is 136 Å². The van der Waals surface area contributed by atoms with Crippen LogP contribution in [-0.4, -0.2) is 78.0 Å². The van der Waals surface area contributed by atoms with Crippen LogP contribution in [0.25, 0.3) is 0 Å². The van der Waals surface area contributed by atoms with Crippen LogP contribution in [-0.2, 0) is 47.9 Å². The molecule has 0 aromatic rings. The molecule has 2 amide bonds. The van der Waals surface area contributed by atoms with Gasteiger partial charge in [-0.1, -0.05) is 0 Å². The number of rotatable bonds is 10. The van der Waals surface area contributed by atoms with Crippen LogP contribution in [0.1, 0.15) is 25.7 Å². The maximum absolute atomic E-state index is 13.0. The van der Waals surface area contributed by atoms with E-state index >= 15 is 0 Å². The molecular formula is C16H15Cl3Cr2F14N2O6+2. The molecule has 0 fully saturated rings. The summed E-state index contributed by atoms with van der Waals surface area (Å²) in [5, 5.41) is 20.9. The fourth-order valence-electron chi connectivity index (χ4n) is 1.98. The van der Waals surface area contributed by atoms with Gasteiger partial charge in [-0.05, 0) is 0 Å². The second kappa shape index (κ2) is 19.4. The molecule has 0 atom stereocenters. The molecule has 254 valence electrons. The number of hydrogen-bond acceptors (Lipinski definition) is 5. The van der Waals surface area contributed by atoms with Crippen LogP contribution in [0.5, 0.6) is 0 Å². The van der Waals surface area contributed by atoms with E-state index in [0.717, 1.165) is 0 Å². The summed E-state index contributed by atoms with van der Waals surface area (Å²) in [6, 6.07) is 0. The quantitative estimate of drug-likeness (QED) is 0.282. The first-order valence-corrected chi connectivity index (χ1v) is 14.9. The van der Waals surface area contributed by atoms with E-state index in [9.17, 15) is 85.8 Å². The van der Waals surface area contributed by atoms with Gasteiger partial charge in [0.1, 0.15) is 6.54 Å². The molecule has 0 aliphatic heterocycles. The summed E-state index contributed by atoms with van der Waals surface area (Å²) in [7, 11) is 14.8. The van der Waals surface area contributed by atoms with Crippen molar-refractivity contribution < 1.29 is 120 Å². The number of carbonyl (C=O) groups is 4. The number of carboxylic acid groups (broad SMARTS) is 2. The molecule has 0 saturated carbocycles. The third kappa shape index (κ3) is 19.1. The van der Waals surface area contributed by atoms with Crippen LogP contribution in [0.3, 0.4) is 0 Å². The van der Waals surface area contributed by atoms with E-state index in [2.05, 4.69) is 0 Å². The summed E-state index contributed by atoms with van der Waals surface area (Å²) in [4.78, 5) is 41.4. The van der Waals surface area contributed by atoms with Gasteiger partial charge in [0.05, 0.1) is 12.5 Å². The van der Waals surface area contributed by atoms with Crippen molar-refractivity contribution in [3.8, 4) is 0 Å². The molecule has 0 heterocycles. The summed E-state index contributed by atoms with van der Waals surface area (Å²) >= 11 is -1.62. The molecule has 43 heavy (non-hydrogen) atoms. The van der Waals surface area contributed by atoms with Gasteiger partial charge in [-0.3, -0.25) is 14.4 Å². The molecule has 0 bridgehead atoms. The summed E-state index contributed by atoms with van der Waals surface area (Å²) in [5.41, 5.74) is -11.0. The van der Waals surface area contributed by atoms with Crippen LogP contribution >= 0.6 is 30.1 Å². The largest absolute Gasteiger partial charge is 3.00 e. The Morgan fingerprint density at radius 2 is 0.837 bits per heavy atom. The Balaban J connectivity index is -0.000000307. The van der Waals surface area contributed by atoms with Gasteiger partial charge in [0.25, 0.3) is 11.3 Å². The minimum absolute atomic E-state index is 0. The van der Waals surface area contributed by atoms with Gasteiger partial charge in [0.15, 0.2) is 0 Å². The van der Waals surface area contributed by atoms with E-state index < -0.39 is 110 Å². The number of carboxylic acids is 2. The van der Waals surface area contributed by atoms with Crippen molar-refractivity contribution in [3.05, 3.63) is 0 Å². The van der Waals surface area contributed by atoms with Gasteiger partial charge in [0.2, 0.25) is 11.8 Å². The normalized spacial score (nSPS) is 12.5. The predicted molar refractivity (Wildman–Crippen MR) is 107 cm³/mol. The minimum Gasteiger partial charge on any atom is 3.00 e. The van der Waals surface area contributed by atoms with E-state index in [1.165, 1.54) is 10.6 Å². The first kappa shape index (κ1) is 48.7. The monoisotopic (exact) mass is 806 g/mol. The number of alkyl halides is 14. The molecule has 0 unspecified atom stereocenters. The molecule has 0 spiro atoms. The Morgan fingerprint density at radius 1 is 0.605 bits per heavy atom. The van der Waals surface area contributed by atoms with Gasteiger partial charge in [-0.15, -0.1) is 0 Å². The van der Waals surface area contributed by atoms with Crippen LogP contribution in [0, 0.1) is 0 Å². The number of nitrogens with one attached hydrogen (secondary N) is 2. The summed E-state index contributed by atoms with van der Waals surface area (Å²) in [5.74, 6) is -6.25. The Morgan fingerprint density at radius 3 is 1.02 bits per heavy atom. The summed E-state index contributed by atoms with van der Waals surface area (Å²) in [6.07, 6.45) is -32.2. The predicted octanol–water partition coefficient (Wildman–Crippen LogP) is 4.33. The maximum Gasteiger partial charge on any atom is 3.00 e. The average Bonchev–Trinajstić information content (AvgIpc) is 2.75.